The summed E-state index contributed by atoms with van der Waals surface area (Å²) in [5.41, 5.74) is 4.76. The Labute approximate surface area is 96.7 Å². The highest BCUT2D eigenvalue weighted by molar-refractivity contribution is 5.91. The van der Waals surface area contributed by atoms with Crippen LogP contribution in [-0.4, -0.2) is 12.0 Å². The Morgan fingerprint density at radius 2 is 1.94 bits per heavy atom. The lowest BCUT2D eigenvalue weighted by atomic mass is 10.1. The van der Waals surface area contributed by atoms with Gasteiger partial charge in [0.2, 0.25) is 0 Å². The van der Waals surface area contributed by atoms with Crippen molar-refractivity contribution in [1.82, 2.24) is 4.98 Å². The molecule has 0 amide bonds. The molecule has 0 fully saturated rings. The standard InChI is InChI=1S/C14H18N2/c1-4-10-6-7-13-12(8-10)14(15-3)9-11(5-2)16-13/h6-9H,4-5H2,1-3H3,(H,15,16). The molecule has 0 aliphatic heterocycles. The maximum Gasteiger partial charge on any atom is 0.0726 e. The SMILES string of the molecule is CCc1ccc2nc(CC)cc(NC)c2c1. The lowest BCUT2D eigenvalue weighted by Crippen LogP contribution is -1.96. The van der Waals surface area contributed by atoms with Gasteiger partial charge in [-0.2, -0.15) is 0 Å². The van der Waals surface area contributed by atoms with E-state index >= 15 is 0 Å². The number of fused-ring (bicyclic) bond motifs is 1. The zero-order chi connectivity index (χ0) is 11.5. The second-order valence-corrected chi connectivity index (χ2v) is 3.97. The smallest absolute Gasteiger partial charge is 0.0726 e. The van der Waals surface area contributed by atoms with Gasteiger partial charge < -0.3 is 5.32 Å². The Morgan fingerprint density at radius 1 is 1.12 bits per heavy atom. The molecule has 0 radical (unpaired) electrons. The summed E-state index contributed by atoms with van der Waals surface area (Å²) in [6, 6.07) is 8.65. The number of aryl methyl sites for hydroxylation is 2. The Morgan fingerprint density at radius 3 is 2.56 bits per heavy atom. The number of pyridine rings is 1. The van der Waals surface area contributed by atoms with Crippen molar-refractivity contribution in [1.29, 1.82) is 0 Å². The predicted octanol–water partition coefficient (Wildman–Crippen LogP) is 3.40. The molecule has 0 aliphatic carbocycles. The van der Waals surface area contributed by atoms with Gasteiger partial charge >= 0.3 is 0 Å². The van der Waals surface area contributed by atoms with Gasteiger partial charge in [-0.1, -0.05) is 19.9 Å². The molecule has 2 nitrogen and oxygen atoms in total. The van der Waals surface area contributed by atoms with Gasteiger partial charge in [-0.25, -0.2) is 0 Å². The number of rotatable bonds is 3. The highest BCUT2D eigenvalue weighted by Crippen LogP contribution is 2.24. The molecule has 0 aliphatic rings. The second-order valence-electron chi connectivity index (χ2n) is 3.97. The van der Waals surface area contributed by atoms with E-state index in [1.54, 1.807) is 0 Å². The van der Waals surface area contributed by atoms with Crippen LogP contribution >= 0.6 is 0 Å². The summed E-state index contributed by atoms with van der Waals surface area (Å²) >= 11 is 0. The highest BCUT2D eigenvalue weighted by Gasteiger charge is 2.04. The molecule has 0 unspecified atom stereocenters. The minimum Gasteiger partial charge on any atom is -0.388 e. The van der Waals surface area contributed by atoms with Crippen LogP contribution in [0.1, 0.15) is 25.1 Å². The van der Waals surface area contributed by atoms with Gasteiger partial charge in [0.05, 0.1) is 5.52 Å². The van der Waals surface area contributed by atoms with E-state index in [1.165, 1.54) is 16.6 Å². The number of hydrogen-bond donors (Lipinski definition) is 1. The van der Waals surface area contributed by atoms with Crippen LogP contribution in [0.25, 0.3) is 10.9 Å². The molecule has 0 spiro atoms. The zero-order valence-electron chi connectivity index (χ0n) is 10.2. The molecule has 2 rings (SSSR count). The number of nitrogens with one attached hydrogen (secondary N) is 1. The van der Waals surface area contributed by atoms with Crippen LogP contribution in [0.3, 0.4) is 0 Å². The van der Waals surface area contributed by atoms with Crippen LogP contribution < -0.4 is 5.32 Å². The van der Waals surface area contributed by atoms with Crippen LogP contribution in [-0.2, 0) is 12.8 Å². The Balaban J connectivity index is 2.69. The van der Waals surface area contributed by atoms with Crippen LogP contribution in [0.5, 0.6) is 0 Å². The topological polar surface area (TPSA) is 24.9 Å². The average Bonchev–Trinajstić information content (AvgIpc) is 2.36. The van der Waals surface area contributed by atoms with E-state index in [0.29, 0.717) is 0 Å². The van der Waals surface area contributed by atoms with Gasteiger partial charge in [0.25, 0.3) is 0 Å². The zero-order valence-corrected chi connectivity index (χ0v) is 10.2. The maximum atomic E-state index is 4.64. The van der Waals surface area contributed by atoms with Crippen molar-refractivity contribution in [3.8, 4) is 0 Å². The number of anilines is 1. The van der Waals surface area contributed by atoms with Crippen LogP contribution in [0.4, 0.5) is 5.69 Å². The fraction of sp³-hybridized carbons (Fsp3) is 0.357. The summed E-state index contributed by atoms with van der Waals surface area (Å²) in [7, 11) is 1.97. The summed E-state index contributed by atoms with van der Waals surface area (Å²) in [5, 5.41) is 4.48. The lowest BCUT2D eigenvalue weighted by molar-refractivity contribution is 1.05. The fourth-order valence-corrected chi connectivity index (χ4v) is 1.94. The van der Waals surface area contributed by atoms with Crippen molar-refractivity contribution in [2.45, 2.75) is 26.7 Å². The number of benzene rings is 1. The predicted molar refractivity (Wildman–Crippen MR) is 70.0 cm³/mol. The van der Waals surface area contributed by atoms with Crippen molar-refractivity contribution in [3.63, 3.8) is 0 Å². The van der Waals surface area contributed by atoms with Crippen molar-refractivity contribution in [2.24, 2.45) is 0 Å². The first-order valence-corrected chi connectivity index (χ1v) is 5.88. The molecule has 2 heteroatoms. The van der Waals surface area contributed by atoms with E-state index in [-0.39, 0.29) is 0 Å². The molecular weight excluding hydrogens is 196 g/mol. The molecule has 16 heavy (non-hydrogen) atoms. The first-order chi connectivity index (χ1) is 7.78. The van der Waals surface area contributed by atoms with E-state index in [2.05, 4.69) is 48.4 Å². The van der Waals surface area contributed by atoms with Crippen molar-refractivity contribution >= 4 is 16.6 Å². The van der Waals surface area contributed by atoms with Gasteiger partial charge in [0, 0.05) is 23.8 Å². The average molecular weight is 214 g/mol. The van der Waals surface area contributed by atoms with Crippen LogP contribution in [0, 0.1) is 0 Å². The minimum atomic E-state index is 0.972. The van der Waals surface area contributed by atoms with E-state index in [1.807, 2.05) is 7.05 Å². The van der Waals surface area contributed by atoms with Gasteiger partial charge in [-0.3, -0.25) is 4.98 Å². The molecule has 1 heterocycles. The third-order valence-electron chi connectivity index (χ3n) is 2.97. The van der Waals surface area contributed by atoms with Crippen LogP contribution in [0.2, 0.25) is 0 Å². The number of nitrogens with zero attached hydrogens (tertiary/aromatic N) is 1. The Hall–Kier alpha value is -1.57. The number of aromatic nitrogens is 1. The van der Waals surface area contributed by atoms with Gasteiger partial charge in [0.1, 0.15) is 0 Å². The molecule has 84 valence electrons. The minimum absolute atomic E-state index is 0.972. The maximum absolute atomic E-state index is 4.64. The molecule has 1 aromatic carbocycles. The molecule has 1 N–H and O–H groups in total. The van der Waals surface area contributed by atoms with E-state index < -0.39 is 0 Å². The first kappa shape index (κ1) is 10.9. The summed E-state index contributed by atoms with van der Waals surface area (Å²) in [6.45, 7) is 4.31. The normalized spacial score (nSPS) is 10.7. The van der Waals surface area contributed by atoms with Gasteiger partial charge in [-0.05, 0) is 36.6 Å². The molecule has 0 atom stereocenters. The Kier molecular flexibility index (Phi) is 3.09. The first-order valence-electron chi connectivity index (χ1n) is 5.88. The van der Waals surface area contributed by atoms with Gasteiger partial charge in [0.15, 0.2) is 0 Å². The molecule has 0 saturated heterocycles. The van der Waals surface area contributed by atoms with Crippen LogP contribution in [0.15, 0.2) is 24.3 Å². The summed E-state index contributed by atoms with van der Waals surface area (Å²) in [6.07, 6.45) is 2.04. The Bertz CT molecular complexity index is 503. The summed E-state index contributed by atoms with van der Waals surface area (Å²) < 4.78 is 0. The highest BCUT2D eigenvalue weighted by atomic mass is 14.8. The van der Waals surface area contributed by atoms with Crippen molar-refractivity contribution < 1.29 is 0 Å². The third-order valence-corrected chi connectivity index (χ3v) is 2.97. The quantitative estimate of drug-likeness (QED) is 0.847. The summed E-state index contributed by atoms with van der Waals surface area (Å²) in [5.74, 6) is 0. The van der Waals surface area contributed by atoms with Crippen molar-refractivity contribution in [2.75, 3.05) is 12.4 Å². The number of hydrogen-bond acceptors (Lipinski definition) is 2. The largest absolute Gasteiger partial charge is 0.388 e. The van der Waals surface area contributed by atoms with E-state index in [9.17, 15) is 0 Å². The molecule has 2 aromatic rings. The van der Waals surface area contributed by atoms with E-state index in [0.717, 1.165) is 24.1 Å². The molecular formula is C14H18N2. The molecule has 0 bridgehead atoms. The monoisotopic (exact) mass is 214 g/mol. The van der Waals surface area contributed by atoms with Gasteiger partial charge in [-0.15, -0.1) is 0 Å². The second kappa shape index (κ2) is 4.52. The molecule has 1 aromatic heterocycles. The van der Waals surface area contributed by atoms with E-state index in [4.69, 9.17) is 0 Å². The summed E-state index contributed by atoms with van der Waals surface area (Å²) in [4.78, 5) is 4.64. The lowest BCUT2D eigenvalue weighted by Gasteiger charge is -2.09. The van der Waals surface area contributed by atoms with Crippen molar-refractivity contribution in [3.05, 3.63) is 35.5 Å². The fourth-order valence-electron chi connectivity index (χ4n) is 1.94. The molecule has 0 saturated carbocycles. The third kappa shape index (κ3) is 1.87.